The summed E-state index contributed by atoms with van der Waals surface area (Å²) in [7, 11) is 0. The van der Waals surface area contributed by atoms with Gasteiger partial charge >= 0.3 is 5.97 Å². The fraction of sp³-hybridized carbons (Fsp3) is 0.960. The van der Waals surface area contributed by atoms with Crippen molar-refractivity contribution in [2.24, 2.45) is 5.92 Å². The lowest BCUT2D eigenvalue weighted by atomic mass is 9.95. The Balaban J connectivity index is 3.14. The maximum Gasteiger partial charge on any atom is 0.303 e. The molecular formula is C25H50O2. The summed E-state index contributed by atoms with van der Waals surface area (Å²) in [6.07, 6.45) is 27.5. The highest BCUT2D eigenvalue weighted by atomic mass is 16.4. The smallest absolute Gasteiger partial charge is 0.303 e. The molecule has 27 heavy (non-hydrogen) atoms. The van der Waals surface area contributed by atoms with Gasteiger partial charge in [0.1, 0.15) is 0 Å². The van der Waals surface area contributed by atoms with E-state index in [0.29, 0.717) is 6.42 Å². The molecule has 0 radical (unpaired) electrons. The average Bonchev–Trinajstić information content (AvgIpc) is 2.64. The Kier molecular flexibility index (Phi) is 21.3. The third kappa shape index (κ3) is 23.4. The van der Waals surface area contributed by atoms with Crippen LogP contribution < -0.4 is 0 Å². The van der Waals surface area contributed by atoms with Crippen LogP contribution in [0, 0.1) is 5.92 Å². The SMILES string of the molecule is CCCCCCCCCCC(C)CCCCCCCCCCCCC(=O)O. The van der Waals surface area contributed by atoms with Gasteiger partial charge in [-0.25, -0.2) is 0 Å². The quantitative estimate of drug-likeness (QED) is 0.190. The Morgan fingerprint density at radius 1 is 0.593 bits per heavy atom. The van der Waals surface area contributed by atoms with Gasteiger partial charge in [-0.15, -0.1) is 0 Å². The Hall–Kier alpha value is -0.530. The molecule has 0 saturated carbocycles. The number of hydrogen-bond donors (Lipinski definition) is 1. The third-order valence-electron chi connectivity index (χ3n) is 5.89. The van der Waals surface area contributed by atoms with Crippen LogP contribution in [-0.4, -0.2) is 11.1 Å². The molecule has 2 heteroatoms. The van der Waals surface area contributed by atoms with Gasteiger partial charge < -0.3 is 5.11 Å². The van der Waals surface area contributed by atoms with Crippen molar-refractivity contribution in [1.82, 2.24) is 0 Å². The molecule has 0 aromatic carbocycles. The van der Waals surface area contributed by atoms with Crippen LogP contribution >= 0.6 is 0 Å². The molecule has 0 spiro atoms. The summed E-state index contributed by atoms with van der Waals surface area (Å²) in [6, 6.07) is 0. The Labute approximate surface area is 170 Å². The highest BCUT2D eigenvalue weighted by Crippen LogP contribution is 2.19. The van der Waals surface area contributed by atoms with Gasteiger partial charge in [-0.05, 0) is 12.3 Å². The maximum atomic E-state index is 10.4. The van der Waals surface area contributed by atoms with E-state index in [4.69, 9.17) is 5.11 Å². The van der Waals surface area contributed by atoms with Crippen molar-refractivity contribution < 1.29 is 9.90 Å². The summed E-state index contributed by atoms with van der Waals surface area (Å²) < 4.78 is 0. The van der Waals surface area contributed by atoms with Crippen LogP contribution in [0.2, 0.25) is 0 Å². The average molecular weight is 383 g/mol. The van der Waals surface area contributed by atoms with Crippen molar-refractivity contribution in [3.63, 3.8) is 0 Å². The summed E-state index contributed by atoms with van der Waals surface area (Å²) in [6.45, 7) is 4.74. The van der Waals surface area contributed by atoms with Crippen molar-refractivity contribution in [3.05, 3.63) is 0 Å². The molecule has 0 saturated heterocycles. The monoisotopic (exact) mass is 382 g/mol. The minimum absolute atomic E-state index is 0.345. The van der Waals surface area contributed by atoms with E-state index in [1.807, 2.05) is 0 Å². The van der Waals surface area contributed by atoms with Crippen molar-refractivity contribution >= 4 is 5.97 Å². The fourth-order valence-electron chi connectivity index (χ4n) is 3.95. The number of aliphatic carboxylic acids is 1. The first-order chi connectivity index (χ1) is 13.2. The van der Waals surface area contributed by atoms with Gasteiger partial charge in [-0.3, -0.25) is 4.79 Å². The van der Waals surface area contributed by atoms with Gasteiger partial charge in [0.25, 0.3) is 0 Å². The molecule has 0 bridgehead atoms. The lowest BCUT2D eigenvalue weighted by molar-refractivity contribution is -0.137. The second-order valence-electron chi connectivity index (χ2n) is 8.84. The van der Waals surface area contributed by atoms with E-state index in [9.17, 15) is 4.79 Å². The first kappa shape index (κ1) is 26.5. The van der Waals surface area contributed by atoms with E-state index in [1.165, 1.54) is 116 Å². The van der Waals surface area contributed by atoms with Crippen LogP contribution in [0.1, 0.15) is 149 Å². The van der Waals surface area contributed by atoms with Crippen LogP contribution in [0.15, 0.2) is 0 Å². The van der Waals surface area contributed by atoms with E-state index < -0.39 is 5.97 Å². The molecule has 0 fully saturated rings. The molecule has 162 valence electrons. The molecule has 1 N–H and O–H groups in total. The Morgan fingerprint density at radius 2 is 0.926 bits per heavy atom. The highest BCUT2D eigenvalue weighted by Gasteiger charge is 2.02. The predicted molar refractivity (Wildman–Crippen MR) is 119 cm³/mol. The topological polar surface area (TPSA) is 37.3 Å². The van der Waals surface area contributed by atoms with E-state index in [1.54, 1.807) is 0 Å². The standard InChI is InChI=1S/C25H50O2/c1-3-4-5-6-7-12-15-18-21-24(2)22-19-16-13-10-8-9-11-14-17-20-23-25(26)27/h24H,3-23H2,1-2H3,(H,26,27). The van der Waals surface area contributed by atoms with Gasteiger partial charge in [0.05, 0.1) is 0 Å². The van der Waals surface area contributed by atoms with Crippen molar-refractivity contribution in [3.8, 4) is 0 Å². The number of unbranched alkanes of at least 4 members (excludes halogenated alkanes) is 16. The molecule has 0 aromatic rings. The van der Waals surface area contributed by atoms with Gasteiger partial charge in [-0.1, -0.05) is 136 Å². The van der Waals surface area contributed by atoms with Crippen molar-refractivity contribution in [2.75, 3.05) is 0 Å². The second kappa shape index (κ2) is 21.8. The zero-order valence-corrected chi connectivity index (χ0v) is 18.8. The normalized spacial score (nSPS) is 12.4. The molecule has 2 nitrogen and oxygen atoms in total. The summed E-state index contributed by atoms with van der Waals surface area (Å²) in [5, 5.41) is 8.59. The summed E-state index contributed by atoms with van der Waals surface area (Å²) in [4.78, 5) is 10.4. The lowest BCUT2D eigenvalue weighted by Crippen LogP contribution is -1.95. The van der Waals surface area contributed by atoms with Crippen molar-refractivity contribution in [1.29, 1.82) is 0 Å². The van der Waals surface area contributed by atoms with Crippen LogP contribution in [0.25, 0.3) is 0 Å². The minimum Gasteiger partial charge on any atom is -0.481 e. The molecule has 1 atom stereocenters. The Bertz CT molecular complexity index is 301. The third-order valence-corrected chi connectivity index (χ3v) is 5.89. The summed E-state index contributed by atoms with van der Waals surface area (Å²) in [5.41, 5.74) is 0. The number of hydrogen-bond acceptors (Lipinski definition) is 1. The van der Waals surface area contributed by atoms with E-state index in [0.717, 1.165) is 18.8 Å². The van der Waals surface area contributed by atoms with E-state index >= 15 is 0 Å². The summed E-state index contributed by atoms with van der Waals surface area (Å²) in [5.74, 6) is 0.276. The lowest BCUT2D eigenvalue weighted by Gasteiger charge is -2.11. The zero-order valence-electron chi connectivity index (χ0n) is 18.8. The molecule has 0 rings (SSSR count). The minimum atomic E-state index is -0.651. The van der Waals surface area contributed by atoms with Crippen LogP contribution in [-0.2, 0) is 4.79 Å². The van der Waals surface area contributed by atoms with Crippen LogP contribution in [0.5, 0.6) is 0 Å². The van der Waals surface area contributed by atoms with E-state index in [-0.39, 0.29) is 0 Å². The zero-order chi connectivity index (χ0) is 20.0. The van der Waals surface area contributed by atoms with Crippen LogP contribution in [0.3, 0.4) is 0 Å². The maximum absolute atomic E-state index is 10.4. The first-order valence-corrected chi connectivity index (χ1v) is 12.4. The second-order valence-corrected chi connectivity index (χ2v) is 8.84. The van der Waals surface area contributed by atoms with Crippen molar-refractivity contribution in [2.45, 2.75) is 149 Å². The first-order valence-electron chi connectivity index (χ1n) is 12.4. The number of carbonyl (C=O) groups is 1. The Morgan fingerprint density at radius 3 is 1.30 bits per heavy atom. The molecule has 1 unspecified atom stereocenters. The van der Waals surface area contributed by atoms with Gasteiger partial charge in [-0.2, -0.15) is 0 Å². The van der Waals surface area contributed by atoms with Gasteiger partial charge in [0.15, 0.2) is 0 Å². The van der Waals surface area contributed by atoms with Gasteiger partial charge in [0.2, 0.25) is 0 Å². The van der Waals surface area contributed by atoms with E-state index in [2.05, 4.69) is 13.8 Å². The molecule has 0 amide bonds. The molecular weight excluding hydrogens is 332 g/mol. The number of rotatable bonds is 22. The van der Waals surface area contributed by atoms with Crippen LogP contribution in [0.4, 0.5) is 0 Å². The molecule has 0 aliphatic heterocycles. The highest BCUT2D eigenvalue weighted by molar-refractivity contribution is 5.66. The largest absolute Gasteiger partial charge is 0.481 e. The molecule has 0 heterocycles. The molecule has 0 aliphatic rings. The molecule has 0 aromatic heterocycles. The molecule has 0 aliphatic carbocycles. The fourth-order valence-corrected chi connectivity index (χ4v) is 3.95. The van der Waals surface area contributed by atoms with Gasteiger partial charge in [0, 0.05) is 6.42 Å². The predicted octanol–water partition coefficient (Wildman–Crippen LogP) is 8.92. The number of carboxylic acid groups (broad SMARTS) is 1. The number of carboxylic acids is 1. The summed E-state index contributed by atoms with van der Waals surface area (Å²) >= 11 is 0.